The zero-order valence-corrected chi connectivity index (χ0v) is 25.8. The van der Waals surface area contributed by atoms with Crippen LogP contribution in [0, 0.1) is 24.4 Å². The molecule has 7 aromatic rings. The van der Waals surface area contributed by atoms with Crippen LogP contribution in [0.2, 0.25) is 0 Å². The first-order valence-corrected chi connectivity index (χ1v) is 13.4. The van der Waals surface area contributed by atoms with Crippen molar-refractivity contribution < 1.29 is 31.4 Å². The monoisotopic (exact) mass is 731 g/mol. The minimum atomic E-state index is -2.09. The molecule has 0 saturated carbocycles. The Morgan fingerprint density at radius 3 is 2.36 bits per heavy atom. The van der Waals surface area contributed by atoms with Gasteiger partial charge in [-0.05, 0) is 47.7 Å². The van der Waals surface area contributed by atoms with Gasteiger partial charge in [-0.3, -0.25) is 0 Å². The first-order valence-electron chi connectivity index (χ1n) is 15.9. The first-order chi connectivity index (χ1) is 21.8. The Bertz CT molecular complexity index is 2140. The summed E-state index contributed by atoms with van der Waals surface area (Å²) >= 11 is 0. The normalized spacial score (nSPS) is 13.6. The van der Waals surface area contributed by atoms with Crippen LogP contribution in [0.25, 0.3) is 55.4 Å². The van der Waals surface area contributed by atoms with Crippen LogP contribution in [0.1, 0.15) is 38.9 Å². The van der Waals surface area contributed by atoms with Gasteiger partial charge in [-0.25, -0.2) is 4.98 Å². The molecule has 0 aliphatic carbocycles. The topological polar surface area (TPSA) is 51.8 Å². The van der Waals surface area contributed by atoms with Gasteiger partial charge in [-0.2, -0.15) is 0 Å². The van der Waals surface area contributed by atoms with Crippen molar-refractivity contribution in [2.45, 2.75) is 34.0 Å². The average Bonchev–Trinajstić information content (AvgIpc) is 3.44. The molecule has 4 aromatic heterocycles. The molecule has 0 amide bonds. The fourth-order valence-electron chi connectivity index (χ4n) is 4.64. The standard InChI is InChI=1S/C25H21N2O.C12H10N.Ir/c1-25(2,3)15-17-12-10-16-11-13-19-18-7-6-8-20(21-9-4-5-14-26-21)23(18)28-24(19)22(16)27-17;1-10-7-8-12(13-9-10)11-5-3-2-4-6-11;/h4-7,9-14H,15H2,1-3H3;2-5,7-9H,1H3;/q2*-1;/i15D2;1D3;. The zero-order chi connectivity index (χ0) is 32.7. The van der Waals surface area contributed by atoms with E-state index >= 15 is 0 Å². The van der Waals surface area contributed by atoms with E-state index in [1.165, 1.54) is 6.20 Å². The van der Waals surface area contributed by atoms with Gasteiger partial charge in [0.1, 0.15) is 11.1 Å². The maximum atomic E-state index is 8.62. The molecule has 0 bridgehead atoms. The molecule has 0 unspecified atom stereocenters. The van der Waals surface area contributed by atoms with E-state index in [4.69, 9.17) is 16.3 Å². The number of fused-ring (bicyclic) bond motifs is 5. The number of aryl methyl sites for hydroxylation is 1. The van der Waals surface area contributed by atoms with Gasteiger partial charge in [-0.1, -0.05) is 74.2 Å². The maximum Gasteiger partial charge on any atom is 0.147 e. The van der Waals surface area contributed by atoms with E-state index in [-0.39, 0.29) is 25.7 Å². The third-order valence-electron chi connectivity index (χ3n) is 6.43. The molecule has 42 heavy (non-hydrogen) atoms. The van der Waals surface area contributed by atoms with Gasteiger partial charge in [0, 0.05) is 55.8 Å². The molecule has 0 spiro atoms. The molecule has 4 heterocycles. The van der Waals surface area contributed by atoms with E-state index in [9.17, 15) is 0 Å². The van der Waals surface area contributed by atoms with Crippen molar-refractivity contribution in [1.82, 2.24) is 15.0 Å². The summed E-state index contributed by atoms with van der Waals surface area (Å²) in [6, 6.07) is 34.4. The van der Waals surface area contributed by atoms with Crippen LogP contribution < -0.4 is 0 Å². The van der Waals surface area contributed by atoms with Gasteiger partial charge in [0.15, 0.2) is 0 Å². The molecule has 0 saturated heterocycles. The summed E-state index contributed by atoms with van der Waals surface area (Å²) < 4.78 is 45.3. The Balaban J connectivity index is 0.000000217. The molecule has 3 aromatic carbocycles. The van der Waals surface area contributed by atoms with E-state index in [2.05, 4.69) is 22.1 Å². The van der Waals surface area contributed by atoms with Gasteiger partial charge in [0.25, 0.3) is 0 Å². The molecule has 0 fully saturated rings. The summed E-state index contributed by atoms with van der Waals surface area (Å²) in [7, 11) is 0. The summed E-state index contributed by atoms with van der Waals surface area (Å²) in [5.41, 5.74) is 5.31. The second-order valence-electron chi connectivity index (χ2n) is 10.7. The number of pyridine rings is 3. The van der Waals surface area contributed by atoms with E-state index in [1.54, 1.807) is 30.5 Å². The second kappa shape index (κ2) is 12.4. The van der Waals surface area contributed by atoms with Gasteiger partial charge in [0.2, 0.25) is 0 Å². The third kappa shape index (κ3) is 6.33. The summed E-state index contributed by atoms with van der Waals surface area (Å²) in [4.78, 5) is 13.3. The number of nitrogens with zero attached hydrogens (tertiary/aromatic N) is 3. The average molecular weight is 731 g/mol. The molecule has 0 aliphatic rings. The van der Waals surface area contributed by atoms with Crippen LogP contribution in [0.5, 0.6) is 0 Å². The van der Waals surface area contributed by atoms with Crippen LogP contribution in [-0.2, 0) is 26.5 Å². The summed E-state index contributed by atoms with van der Waals surface area (Å²) in [5, 5.41) is 2.83. The van der Waals surface area contributed by atoms with Crippen molar-refractivity contribution in [2.24, 2.45) is 5.41 Å². The number of hydrogen-bond acceptors (Lipinski definition) is 4. The van der Waals surface area contributed by atoms with Crippen LogP contribution >= 0.6 is 0 Å². The minimum Gasteiger partial charge on any atom is -0.498 e. The van der Waals surface area contributed by atoms with E-state index in [1.807, 2.05) is 87.5 Å². The summed E-state index contributed by atoms with van der Waals surface area (Å²) in [6.07, 6.45) is 1.56. The largest absolute Gasteiger partial charge is 0.498 e. The van der Waals surface area contributed by atoms with E-state index in [0.29, 0.717) is 22.4 Å². The van der Waals surface area contributed by atoms with Crippen molar-refractivity contribution >= 4 is 32.8 Å². The van der Waals surface area contributed by atoms with E-state index in [0.717, 1.165) is 38.7 Å². The van der Waals surface area contributed by atoms with Crippen LogP contribution in [0.15, 0.2) is 108 Å². The Morgan fingerprint density at radius 1 is 0.810 bits per heavy atom. The molecule has 211 valence electrons. The second-order valence-corrected chi connectivity index (χ2v) is 10.7. The molecule has 0 atom stereocenters. The number of rotatable bonds is 3. The number of benzene rings is 3. The van der Waals surface area contributed by atoms with E-state index < -0.39 is 18.6 Å². The van der Waals surface area contributed by atoms with Crippen molar-refractivity contribution in [2.75, 3.05) is 0 Å². The molecule has 0 aliphatic heterocycles. The van der Waals surface area contributed by atoms with Crippen molar-refractivity contribution in [1.29, 1.82) is 0 Å². The minimum absolute atomic E-state index is 0. The Morgan fingerprint density at radius 2 is 1.64 bits per heavy atom. The third-order valence-corrected chi connectivity index (χ3v) is 6.43. The molecule has 7 rings (SSSR count). The Labute approximate surface area is 267 Å². The van der Waals surface area contributed by atoms with Crippen LogP contribution in [0.3, 0.4) is 0 Å². The van der Waals surface area contributed by atoms with Crippen molar-refractivity contribution in [3.8, 4) is 22.5 Å². The fourth-order valence-corrected chi connectivity index (χ4v) is 4.64. The molecular weight excluding hydrogens is 695 g/mol. The smallest absolute Gasteiger partial charge is 0.147 e. The van der Waals surface area contributed by atoms with Crippen LogP contribution in [0.4, 0.5) is 0 Å². The summed E-state index contributed by atoms with van der Waals surface area (Å²) in [5.74, 6) is 0. The number of furan rings is 1. The molecule has 1 radical (unpaired) electrons. The predicted molar refractivity (Wildman–Crippen MR) is 167 cm³/mol. The number of hydrogen-bond donors (Lipinski definition) is 0. The Kier molecular flexibility index (Phi) is 6.88. The summed E-state index contributed by atoms with van der Waals surface area (Å²) in [6.45, 7) is 3.56. The van der Waals surface area contributed by atoms with Gasteiger partial charge in [-0.15, -0.1) is 54.1 Å². The number of aromatic nitrogens is 3. The van der Waals surface area contributed by atoms with Crippen LogP contribution in [-0.4, -0.2) is 15.0 Å². The molecule has 4 nitrogen and oxygen atoms in total. The first kappa shape index (κ1) is 23.4. The SMILES string of the molecule is [2H]C([2H])([2H])c1ccc(-c2[c-]cccc2)nc1.[2H]C([2H])(c1ccc2ccc3c4cc[c-]c(-c5ccccn5)c4oc3c2n1)C(C)(C)C.[Ir]. The molecule has 5 heteroatoms. The molecular formula is C37H31IrN3O-2. The van der Waals surface area contributed by atoms with Gasteiger partial charge >= 0.3 is 0 Å². The maximum absolute atomic E-state index is 8.62. The predicted octanol–water partition coefficient (Wildman–Crippen LogP) is 9.44. The van der Waals surface area contributed by atoms with Crippen molar-refractivity contribution in [3.05, 3.63) is 127 Å². The molecule has 0 N–H and O–H groups in total. The zero-order valence-electron chi connectivity index (χ0n) is 28.4. The Hall–Kier alpha value is -4.18. The van der Waals surface area contributed by atoms with Gasteiger partial charge in [0.05, 0.1) is 5.58 Å². The fraction of sp³-hybridized carbons (Fsp3) is 0.162. The quantitative estimate of drug-likeness (QED) is 0.170. The van der Waals surface area contributed by atoms with Crippen molar-refractivity contribution in [3.63, 3.8) is 0 Å². The van der Waals surface area contributed by atoms with Gasteiger partial charge < -0.3 is 14.4 Å².